The molecule has 0 saturated heterocycles. The van der Waals surface area contributed by atoms with Crippen LogP contribution in [0.25, 0.3) is 0 Å². The van der Waals surface area contributed by atoms with Crippen LogP contribution in [-0.2, 0) is 9.47 Å². The third kappa shape index (κ3) is 6.74. The number of nitrogens with one attached hydrogen (secondary N) is 1. The van der Waals surface area contributed by atoms with Gasteiger partial charge >= 0.3 is 0 Å². The highest BCUT2D eigenvalue weighted by atomic mass is 16.5. The Morgan fingerprint density at radius 3 is 2.61 bits per heavy atom. The molecule has 3 heteroatoms. The molecule has 0 amide bonds. The molecular formula is C15H25NO2. The molecule has 0 saturated carbocycles. The largest absolute Gasteiger partial charge is 0.385 e. The van der Waals surface area contributed by atoms with E-state index in [2.05, 4.69) is 42.6 Å². The summed E-state index contributed by atoms with van der Waals surface area (Å²) in [6.07, 6.45) is 0.969. The molecule has 0 fully saturated rings. The fraction of sp³-hybridized carbons (Fsp3) is 0.600. The topological polar surface area (TPSA) is 30.5 Å². The minimum Gasteiger partial charge on any atom is -0.385 e. The molecule has 0 spiro atoms. The SMILES string of the molecule is COCCCOCCNCC(C)c1ccccc1. The number of rotatable bonds is 10. The van der Waals surface area contributed by atoms with Gasteiger partial charge in [0.1, 0.15) is 0 Å². The predicted molar refractivity (Wildman–Crippen MR) is 75.0 cm³/mol. The molecule has 102 valence electrons. The Morgan fingerprint density at radius 2 is 1.89 bits per heavy atom. The van der Waals surface area contributed by atoms with Gasteiger partial charge in [-0.15, -0.1) is 0 Å². The van der Waals surface area contributed by atoms with E-state index in [0.717, 1.165) is 39.3 Å². The van der Waals surface area contributed by atoms with Crippen LogP contribution in [0.15, 0.2) is 30.3 Å². The van der Waals surface area contributed by atoms with E-state index < -0.39 is 0 Å². The summed E-state index contributed by atoms with van der Waals surface area (Å²) in [7, 11) is 1.71. The van der Waals surface area contributed by atoms with Crippen molar-refractivity contribution in [1.29, 1.82) is 0 Å². The van der Waals surface area contributed by atoms with Gasteiger partial charge in [-0.3, -0.25) is 0 Å². The summed E-state index contributed by atoms with van der Waals surface area (Å²) in [4.78, 5) is 0. The highest BCUT2D eigenvalue weighted by molar-refractivity contribution is 5.18. The van der Waals surface area contributed by atoms with Gasteiger partial charge in [0.2, 0.25) is 0 Å². The number of ether oxygens (including phenoxy) is 2. The maximum atomic E-state index is 5.48. The van der Waals surface area contributed by atoms with Crippen molar-refractivity contribution in [3.8, 4) is 0 Å². The summed E-state index contributed by atoms with van der Waals surface area (Å²) in [5.41, 5.74) is 1.38. The van der Waals surface area contributed by atoms with Crippen molar-refractivity contribution in [2.45, 2.75) is 19.3 Å². The normalized spacial score (nSPS) is 12.6. The number of hydrogen-bond donors (Lipinski definition) is 1. The van der Waals surface area contributed by atoms with E-state index in [1.54, 1.807) is 7.11 Å². The quantitative estimate of drug-likeness (QED) is 0.648. The van der Waals surface area contributed by atoms with E-state index in [1.807, 2.05) is 0 Å². The second-order valence-electron chi connectivity index (χ2n) is 4.47. The lowest BCUT2D eigenvalue weighted by atomic mass is 10.0. The Kier molecular flexibility index (Phi) is 8.47. The van der Waals surface area contributed by atoms with E-state index in [4.69, 9.17) is 9.47 Å². The van der Waals surface area contributed by atoms with Crippen LogP contribution in [0, 0.1) is 0 Å². The molecular weight excluding hydrogens is 226 g/mol. The summed E-state index contributed by atoms with van der Waals surface area (Å²) < 4.78 is 10.4. The smallest absolute Gasteiger partial charge is 0.0590 e. The van der Waals surface area contributed by atoms with Gasteiger partial charge in [0.25, 0.3) is 0 Å². The molecule has 1 aromatic carbocycles. The first-order chi connectivity index (χ1) is 8.84. The van der Waals surface area contributed by atoms with E-state index in [1.165, 1.54) is 5.56 Å². The lowest BCUT2D eigenvalue weighted by Gasteiger charge is -2.13. The molecule has 1 N–H and O–H groups in total. The van der Waals surface area contributed by atoms with Gasteiger partial charge in [0.15, 0.2) is 0 Å². The van der Waals surface area contributed by atoms with Crippen molar-refractivity contribution in [2.24, 2.45) is 0 Å². The predicted octanol–water partition coefficient (Wildman–Crippen LogP) is 2.43. The van der Waals surface area contributed by atoms with Gasteiger partial charge in [-0.2, -0.15) is 0 Å². The zero-order valence-corrected chi connectivity index (χ0v) is 11.5. The average molecular weight is 251 g/mol. The molecule has 0 aliphatic rings. The van der Waals surface area contributed by atoms with Gasteiger partial charge in [-0.05, 0) is 17.9 Å². The van der Waals surface area contributed by atoms with Crippen LogP contribution in [-0.4, -0.2) is 40.0 Å². The summed E-state index contributed by atoms with van der Waals surface area (Å²) >= 11 is 0. The van der Waals surface area contributed by atoms with Crippen molar-refractivity contribution >= 4 is 0 Å². The molecule has 3 nitrogen and oxygen atoms in total. The van der Waals surface area contributed by atoms with Crippen LogP contribution in [0.5, 0.6) is 0 Å². The van der Waals surface area contributed by atoms with E-state index in [9.17, 15) is 0 Å². The minimum atomic E-state index is 0.541. The highest BCUT2D eigenvalue weighted by Crippen LogP contribution is 2.12. The van der Waals surface area contributed by atoms with E-state index in [0.29, 0.717) is 5.92 Å². The Labute approximate surface area is 110 Å². The molecule has 1 aromatic rings. The maximum absolute atomic E-state index is 5.48. The zero-order chi connectivity index (χ0) is 13.1. The van der Waals surface area contributed by atoms with Crippen LogP contribution < -0.4 is 5.32 Å². The van der Waals surface area contributed by atoms with Gasteiger partial charge in [0.05, 0.1) is 6.61 Å². The molecule has 1 atom stereocenters. The number of hydrogen-bond acceptors (Lipinski definition) is 3. The van der Waals surface area contributed by atoms with Gasteiger partial charge < -0.3 is 14.8 Å². The van der Waals surface area contributed by atoms with Crippen molar-refractivity contribution in [2.75, 3.05) is 40.0 Å². The Bertz CT molecular complexity index is 290. The van der Waals surface area contributed by atoms with Gasteiger partial charge in [0, 0.05) is 33.4 Å². The lowest BCUT2D eigenvalue weighted by molar-refractivity contribution is 0.104. The van der Waals surface area contributed by atoms with Crippen LogP contribution in [0.1, 0.15) is 24.8 Å². The Hall–Kier alpha value is -0.900. The molecule has 1 rings (SSSR count). The van der Waals surface area contributed by atoms with E-state index in [-0.39, 0.29) is 0 Å². The van der Waals surface area contributed by atoms with Crippen molar-refractivity contribution in [3.63, 3.8) is 0 Å². The zero-order valence-electron chi connectivity index (χ0n) is 11.5. The Morgan fingerprint density at radius 1 is 1.11 bits per heavy atom. The maximum Gasteiger partial charge on any atom is 0.0590 e. The van der Waals surface area contributed by atoms with Gasteiger partial charge in [-0.25, -0.2) is 0 Å². The highest BCUT2D eigenvalue weighted by Gasteiger charge is 2.03. The van der Waals surface area contributed by atoms with Crippen LogP contribution >= 0.6 is 0 Å². The molecule has 0 radical (unpaired) electrons. The third-order valence-electron chi connectivity index (χ3n) is 2.88. The summed E-state index contributed by atoms with van der Waals surface area (Å²) in [6, 6.07) is 10.6. The minimum absolute atomic E-state index is 0.541. The molecule has 18 heavy (non-hydrogen) atoms. The standard InChI is InChI=1S/C15H25NO2/c1-14(15-7-4-3-5-8-15)13-16-9-12-18-11-6-10-17-2/h3-5,7-8,14,16H,6,9-13H2,1-2H3. The average Bonchev–Trinajstić information content (AvgIpc) is 2.42. The fourth-order valence-electron chi connectivity index (χ4n) is 1.77. The first-order valence-electron chi connectivity index (χ1n) is 6.67. The lowest BCUT2D eigenvalue weighted by Crippen LogP contribution is -2.24. The van der Waals surface area contributed by atoms with Crippen molar-refractivity contribution < 1.29 is 9.47 Å². The first kappa shape index (κ1) is 15.2. The number of benzene rings is 1. The molecule has 0 aromatic heterocycles. The van der Waals surface area contributed by atoms with E-state index >= 15 is 0 Å². The van der Waals surface area contributed by atoms with Crippen LogP contribution in [0.4, 0.5) is 0 Å². The first-order valence-corrected chi connectivity index (χ1v) is 6.67. The molecule has 0 aliphatic heterocycles. The van der Waals surface area contributed by atoms with Crippen molar-refractivity contribution in [1.82, 2.24) is 5.32 Å². The molecule has 0 bridgehead atoms. The van der Waals surface area contributed by atoms with Crippen LogP contribution in [0.3, 0.4) is 0 Å². The van der Waals surface area contributed by atoms with Gasteiger partial charge in [-0.1, -0.05) is 37.3 Å². The summed E-state index contributed by atoms with van der Waals surface area (Å²) in [5, 5.41) is 3.42. The van der Waals surface area contributed by atoms with Crippen LogP contribution in [0.2, 0.25) is 0 Å². The summed E-state index contributed by atoms with van der Waals surface area (Å²) in [6.45, 7) is 6.46. The second kappa shape index (κ2) is 10.1. The molecule has 0 aliphatic carbocycles. The summed E-state index contributed by atoms with van der Waals surface area (Å²) in [5.74, 6) is 0.541. The second-order valence-corrected chi connectivity index (χ2v) is 4.47. The Balaban J connectivity index is 1.98. The molecule has 1 unspecified atom stereocenters. The monoisotopic (exact) mass is 251 g/mol. The van der Waals surface area contributed by atoms with Crippen molar-refractivity contribution in [3.05, 3.63) is 35.9 Å². The molecule has 0 heterocycles. The fourth-order valence-corrected chi connectivity index (χ4v) is 1.77. The number of methoxy groups -OCH3 is 1. The third-order valence-corrected chi connectivity index (χ3v) is 2.88.